The van der Waals surface area contributed by atoms with Gasteiger partial charge in [-0.2, -0.15) is 0 Å². The zero-order valence-corrected chi connectivity index (χ0v) is 17.9. The number of nitrogens with one attached hydrogen (secondary N) is 2. The second-order valence-electron chi connectivity index (χ2n) is 6.66. The van der Waals surface area contributed by atoms with E-state index in [4.69, 9.17) is 0 Å². The van der Waals surface area contributed by atoms with Crippen LogP contribution in [0, 0.1) is 5.82 Å². The largest absolute Gasteiger partial charge is 0.356 e. The van der Waals surface area contributed by atoms with E-state index >= 15 is 0 Å². The van der Waals surface area contributed by atoms with Crippen LogP contribution in [0.15, 0.2) is 76.5 Å². The van der Waals surface area contributed by atoms with Gasteiger partial charge in [0.1, 0.15) is 5.82 Å². The number of amides is 1. The third-order valence-electron chi connectivity index (χ3n) is 4.40. The summed E-state index contributed by atoms with van der Waals surface area (Å²) in [5.41, 5.74) is 0. The van der Waals surface area contributed by atoms with Crippen molar-refractivity contribution in [2.45, 2.75) is 22.6 Å². The fraction of sp³-hybridized carbons (Fsp3) is 0.227. The average Bonchev–Trinajstić information content (AvgIpc) is 2.74. The second kappa shape index (κ2) is 10.6. The highest BCUT2D eigenvalue weighted by atomic mass is 32.2. The van der Waals surface area contributed by atoms with Gasteiger partial charge < -0.3 is 5.32 Å². The van der Waals surface area contributed by atoms with Gasteiger partial charge in [0.25, 0.3) is 0 Å². The van der Waals surface area contributed by atoms with Crippen LogP contribution in [0.3, 0.4) is 0 Å². The van der Waals surface area contributed by atoms with Gasteiger partial charge in [0.05, 0.1) is 4.90 Å². The second-order valence-corrected chi connectivity index (χ2v) is 9.60. The number of rotatable bonds is 10. The zero-order chi connectivity index (χ0) is 21.4. The van der Waals surface area contributed by atoms with Gasteiger partial charge in [-0.05, 0) is 59.3 Å². The number of hydrogen-bond acceptors (Lipinski definition) is 4. The number of hydrogen-bond donors (Lipinski definition) is 2. The highest BCUT2D eigenvalue weighted by Crippen LogP contribution is 2.19. The van der Waals surface area contributed by atoms with Crippen LogP contribution in [0.5, 0.6) is 0 Å². The molecule has 3 aromatic rings. The molecule has 158 valence electrons. The Kier molecular flexibility index (Phi) is 7.84. The molecule has 0 aliphatic carbocycles. The van der Waals surface area contributed by atoms with E-state index in [2.05, 4.69) is 10.0 Å². The van der Waals surface area contributed by atoms with E-state index in [0.29, 0.717) is 6.54 Å². The van der Waals surface area contributed by atoms with Crippen molar-refractivity contribution in [3.8, 4) is 0 Å². The van der Waals surface area contributed by atoms with E-state index in [1.54, 1.807) is 42.1 Å². The fourth-order valence-electron chi connectivity index (χ4n) is 2.83. The van der Waals surface area contributed by atoms with Crippen LogP contribution in [0.2, 0.25) is 0 Å². The Labute approximate surface area is 180 Å². The number of carbonyl (C=O) groups excluding carboxylic acids is 1. The summed E-state index contributed by atoms with van der Waals surface area (Å²) in [6.45, 7) is 0.537. The van der Waals surface area contributed by atoms with Crippen LogP contribution in [-0.4, -0.2) is 33.2 Å². The minimum Gasteiger partial charge on any atom is -0.356 e. The Balaban J connectivity index is 1.36. The lowest BCUT2D eigenvalue weighted by Crippen LogP contribution is -2.31. The summed E-state index contributed by atoms with van der Waals surface area (Å²) in [5.74, 6) is 0.325. The summed E-state index contributed by atoms with van der Waals surface area (Å²) in [6.07, 6.45) is 0.828. The first kappa shape index (κ1) is 22.3. The molecule has 0 atom stereocenters. The van der Waals surface area contributed by atoms with E-state index in [1.807, 2.05) is 24.3 Å². The number of carbonyl (C=O) groups is 1. The predicted octanol–water partition coefficient (Wildman–Crippen LogP) is 3.95. The van der Waals surface area contributed by atoms with Crippen molar-refractivity contribution in [2.24, 2.45) is 0 Å². The Morgan fingerprint density at radius 3 is 2.43 bits per heavy atom. The third-order valence-corrected chi connectivity index (χ3v) is 6.96. The molecule has 0 bridgehead atoms. The molecule has 0 heterocycles. The molecule has 0 unspecified atom stereocenters. The van der Waals surface area contributed by atoms with Crippen molar-refractivity contribution in [1.29, 1.82) is 0 Å². The fourth-order valence-corrected chi connectivity index (χ4v) is 4.75. The molecule has 0 aliphatic rings. The molecule has 0 saturated carbocycles. The van der Waals surface area contributed by atoms with E-state index in [1.165, 1.54) is 12.1 Å². The van der Waals surface area contributed by atoms with E-state index < -0.39 is 10.0 Å². The van der Waals surface area contributed by atoms with Gasteiger partial charge in [0.2, 0.25) is 15.9 Å². The first-order valence-electron chi connectivity index (χ1n) is 9.57. The molecule has 0 aliphatic heterocycles. The Hall–Kier alpha value is -2.42. The maximum absolute atomic E-state index is 12.9. The highest BCUT2D eigenvalue weighted by Gasteiger charge is 2.14. The summed E-state index contributed by atoms with van der Waals surface area (Å²) >= 11 is 1.59. The van der Waals surface area contributed by atoms with Gasteiger partial charge in [-0.25, -0.2) is 17.5 Å². The molecule has 0 aromatic heterocycles. The van der Waals surface area contributed by atoms with Gasteiger partial charge in [0, 0.05) is 24.4 Å². The van der Waals surface area contributed by atoms with Crippen LogP contribution in [0.1, 0.15) is 12.8 Å². The van der Waals surface area contributed by atoms with Gasteiger partial charge >= 0.3 is 0 Å². The van der Waals surface area contributed by atoms with Crippen molar-refractivity contribution in [1.82, 2.24) is 10.0 Å². The predicted molar refractivity (Wildman–Crippen MR) is 119 cm³/mol. The SMILES string of the molecule is O=C(CCNS(=O)(=O)c1ccc2ccccc2c1)NCCCSc1ccc(F)cc1. The first-order valence-corrected chi connectivity index (χ1v) is 12.0. The Morgan fingerprint density at radius 1 is 0.933 bits per heavy atom. The molecule has 0 saturated heterocycles. The highest BCUT2D eigenvalue weighted by molar-refractivity contribution is 7.99. The number of sulfonamides is 1. The van der Waals surface area contributed by atoms with Crippen LogP contribution >= 0.6 is 11.8 Å². The first-order chi connectivity index (χ1) is 14.4. The quantitative estimate of drug-likeness (QED) is 0.365. The topological polar surface area (TPSA) is 75.3 Å². The van der Waals surface area contributed by atoms with Crippen molar-refractivity contribution in [2.75, 3.05) is 18.8 Å². The molecule has 30 heavy (non-hydrogen) atoms. The molecule has 5 nitrogen and oxygen atoms in total. The average molecular weight is 447 g/mol. The molecular formula is C22H23FN2O3S2. The van der Waals surface area contributed by atoms with E-state index in [9.17, 15) is 17.6 Å². The number of benzene rings is 3. The van der Waals surface area contributed by atoms with Crippen molar-refractivity contribution >= 4 is 38.5 Å². The normalized spacial score (nSPS) is 11.5. The molecular weight excluding hydrogens is 423 g/mol. The maximum atomic E-state index is 12.9. The van der Waals surface area contributed by atoms with Crippen LogP contribution in [-0.2, 0) is 14.8 Å². The summed E-state index contributed by atoms with van der Waals surface area (Å²) in [4.78, 5) is 13.1. The van der Waals surface area contributed by atoms with Gasteiger partial charge in [0.15, 0.2) is 0 Å². The molecule has 0 radical (unpaired) electrons. The number of fused-ring (bicyclic) bond motifs is 1. The lowest BCUT2D eigenvalue weighted by atomic mass is 10.1. The number of thioether (sulfide) groups is 1. The van der Waals surface area contributed by atoms with Crippen LogP contribution in [0.25, 0.3) is 10.8 Å². The summed E-state index contributed by atoms with van der Waals surface area (Å²) in [5, 5.41) is 4.59. The van der Waals surface area contributed by atoms with Crippen molar-refractivity contribution in [3.63, 3.8) is 0 Å². The van der Waals surface area contributed by atoms with E-state index in [-0.39, 0.29) is 29.6 Å². The van der Waals surface area contributed by atoms with Gasteiger partial charge in [-0.1, -0.05) is 30.3 Å². The van der Waals surface area contributed by atoms with Crippen LogP contribution in [0.4, 0.5) is 4.39 Å². The minimum absolute atomic E-state index is 0.0331. The minimum atomic E-state index is -3.67. The monoisotopic (exact) mass is 446 g/mol. The summed E-state index contributed by atoms with van der Waals surface area (Å²) < 4.78 is 40.2. The molecule has 1 amide bonds. The Bertz CT molecular complexity index is 1100. The van der Waals surface area contributed by atoms with Crippen LogP contribution < -0.4 is 10.0 Å². The molecule has 2 N–H and O–H groups in total. The summed E-state index contributed by atoms with van der Waals surface area (Å²) in [7, 11) is -3.67. The lowest BCUT2D eigenvalue weighted by Gasteiger charge is -2.09. The molecule has 0 spiro atoms. The van der Waals surface area contributed by atoms with Crippen molar-refractivity contribution in [3.05, 3.63) is 72.5 Å². The zero-order valence-electron chi connectivity index (χ0n) is 16.3. The summed E-state index contributed by atoms with van der Waals surface area (Å²) in [6, 6.07) is 18.8. The molecule has 3 aromatic carbocycles. The standard InChI is InChI=1S/C22H23FN2O3S2/c23-19-7-9-20(10-8-19)29-15-3-13-24-22(26)12-14-25-30(27,28)21-11-6-17-4-1-2-5-18(17)16-21/h1-2,4-11,16,25H,3,12-15H2,(H,24,26). The van der Waals surface area contributed by atoms with E-state index in [0.717, 1.165) is 27.8 Å². The molecule has 0 fully saturated rings. The lowest BCUT2D eigenvalue weighted by molar-refractivity contribution is -0.120. The third kappa shape index (κ3) is 6.55. The number of halogens is 1. The Morgan fingerprint density at radius 2 is 1.67 bits per heavy atom. The smallest absolute Gasteiger partial charge is 0.240 e. The van der Waals surface area contributed by atoms with Gasteiger partial charge in [-0.3, -0.25) is 4.79 Å². The van der Waals surface area contributed by atoms with Gasteiger partial charge in [-0.15, -0.1) is 11.8 Å². The maximum Gasteiger partial charge on any atom is 0.240 e. The molecule has 3 rings (SSSR count). The molecule has 8 heteroatoms. The van der Waals surface area contributed by atoms with Crippen molar-refractivity contribution < 1.29 is 17.6 Å².